The first kappa shape index (κ1) is 28.1. The summed E-state index contributed by atoms with van der Waals surface area (Å²) >= 11 is 0. The number of aliphatic hydroxyl groups excluding tert-OH is 2. The third kappa shape index (κ3) is 7.20. The summed E-state index contributed by atoms with van der Waals surface area (Å²) < 4.78 is 29.1. The zero-order valence-corrected chi connectivity index (χ0v) is 18.6. The molecule has 0 spiro atoms. The summed E-state index contributed by atoms with van der Waals surface area (Å²) in [5.41, 5.74) is 2.75. The van der Waals surface area contributed by atoms with Gasteiger partial charge in [0.15, 0.2) is 0 Å². The van der Waals surface area contributed by atoms with Crippen LogP contribution in [0, 0.1) is 11.6 Å². The number of benzene rings is 2. The molecule has 3 rings (SSSR count). The average Bonchev–Trinajstić information content (AvgIpc) is 3.12. The van der Waals surface area contributed by atoms with Gasteiger partial charge in [0.25, 0.3) is 0 Å². The second kappa shape index (κ2) is 12.6. The molecular weight excluding hydrogens is 453 g/mol. The van der Waals surface area contributed by atoms with Gasteiger partial charge in [0.05, 0.1) is 30.0 Å². The molecule has 6 nitrogen and oxygen atoms in total. The van der Waals surface area contributed by atoms with Gasteiger partial charge in [-0.3, -0.25) is 4.79 Å². The molecule has 0 aliphatic rings. The van der Waals surface area contributed by atoms with Crippen molar-refractivity contribution in [3.05, 3.63) is 66.0 Å². The van der Waals surface area contributed by atoms with Crippen molar-refractivity contribution in [2.24, 2.45) is 0 Å². The molecule has 3 N–H and O–H groups in total. The van der Waals surface area contributed by atoms with Crippen LogP contribution in [0.4, 0.5) is 8.78 Å². The van der Waals surface area contributed by atoms with Crippen molar-refractivity contribution in [3.63, 3.8) is 0 Å². The zero-order chi connectivity index (χ0) is 24.1. The van der Waals surface area contributed by atoms with E-state index in [1.807, 2.05) is 18.4 Å². The molecule has 1 aromatic heterocycles. The first-order chi connectivity index (χ1) is 15.7. The third-order valence-electron chi connectivity index (χ3n) is 5.39. The first-order valence-electron chi connectivity index (χ1n) is 10.9. The standard InChI is InChI=1S/C25H28F2N2O4.Na.H/c1-15(2)25-28-23(16-3-7-18(26)8-4-16)24(17-5-9-19(27)10-6-17)29(25)12-11-20(30)13-21(31)14-22(32)33;;/h3-10,15,20-21,30-31H,11-14H2,1-2H3,(H,32,33);;. The fourth-order valence-corrected chi connectivity index (χ4v) is 3.84. The summed E-state index contributed by atoms with van der Waals surface area (Å²) in [4.78, 5) is 15.6. The number of aliphatic carboxylic acids is 1. The molecule has 2 aromatic carbocycles. The van der Waals surface area contributed by atoms with Gasteiger partial charge in [-0.2, -0.15) is 0 Å². The Kier molecular flexibility index (Phi) is 10.4. The van der Waals surface area contributed by atoms with Gasteiger partial charge in [-0.1, -0.05) is 13.8 Å². The van der Waals surface area contributed by atoms with E-state index >= 15 is 0 Å². The van der Waals surface area contributed by atoms with Gasteiger partial charge in [0.2, 0.25) is 0 Å². The van der Waals surface area contributed by atoms with Crippen molar-refractivity contribution in [1.82, 2.24) is 9.55 Å². The third-order valence-corrected chi connectivity index (χ3v) is 5.39. The zero-order valence-electron chi connectivity index (χ0n) is 18.6. The van der Waals surface area contributed by atoms with Crippen molar-refractivity contribution < 1.29 is 28.9 Å². The Morgan fingerprint density at radius 2 is 1.47 bits per heavy atom. The normalized spacial score (nSPS) is 12.9. The van der Waals surface area contributed by atoms with Crippen molar-refractivity contribution in [2.45, 2.75) is 57.8 Å². The summed E-state index contributed by atoms with van der Waals surface area (Å²) in [5.74, 6) is -1.11. The predicted octanol–water partition coefficient (Wildman–Crippen LogP) is 3.95. The number of carboxylic acids is 1. The minimum atomic E-state index is -1.14. The molecule has 3 aromatic rings. The number of imidazole rings is 1. The number of halogens is 2. The van der Waals surface area contributed by atoms with Crippen molar-refractivity contribution in [1.29, 1.82) is 0 Å². The summed E-state index contributed by atoms with van der Waals surface area (Å²) in [6.45, 7) is 4.30. The van der Waals surface area contributed by atoms with Gasteiger partial charge in [0, 0.05) is 23.6 Å². The summed E-state index contributed by atoms with van der Waals surface area (Å²) in [7, 11) is 0. The quantitative estimate of drug-likeness (QED) is 0.381. The van der Waals surface area contributed by atoms with Crippen LogP contribution in [0.3, 0.4) is 0 Å². The molecule has 0 amide bonds. The molecule has 0 saturated carbocycles. The number of aliphatic hydroxyl groups is 2. The molecule has 0 aliphatic carbocycles. The molecule has 9 heteroatoms. The van der Waals surface area contributed by atoms with Gasteiger partial charge >= 0.3 is 35.5 Å². The maximum absolute atomic E-state index is 13.6. The van der Waals surface area contributed by atoms with Gasteiger partial charge in [-0.15, -0.1) is 0 Å². The molecule has 1 heterocycles. The number of carbonyl (C=O) groups is 1. The van der Waals surface area contributed by atoms with Crippen molar-refractivity contribution in [3.8, 4) is 22.5 Å². The maximum atomic E-state index is 13.6. The predicted molar refractivity (Wildman–Crippen MR) is 128 cm³/mol. The fraction of sp³-hybridized carbons (Fsp3) is 0.360. The fourth-order valence-electron chi connectivity index (χ4n) is 3.84. The number of hydrogen-bond donors (Lipinski definition) is 3. The van der Waals surface area contributed by atoms with E-state index in [4.69, 9.17) is 10.1 Å². The molecular formula is C25H29F2N2NaO4. The van der Waals surface area contributed by atoms with Crippen molar-refractivity contribution in [2.75, 3.05) is 0 Å². The Balaban J connectivity index is 0.00000408. The number of nitrogens with zero attached hydrogens (tertiary/aromatic N) is 2. The van der Waals surface area contributed by atoms with E-state index in [0.29, 0.717) is 23.5 Å². The molecule has 2 atom stereocenters. The monoisotopic (exact) mass is 482 g/mol. The summed E-state index contributed by atoms with van der Waals surface area (Å²) in [6, 6.07) is 12.0. The van der Waals surface area contributed by atoms with Crippen LogP contribution in [-0.2, 0) is 11.3 Å². The second-order valence-electron chi connectivity index (χ2n) is 8.42. The van der Waals surface area contributed by atoms with Crippen LogP contribution in [0.5, 0.6) is 0 Å². The van der Waals surface area contributed by atoms with Crippen LogP contribution in [-0.4, -0.2) is 72.6 Å². The topological polar surface area (TPSA) is 95.6 Å². The SMILES string of the molecule is CC(C)c1nc(-c2ccc(F)cc2)c(-c2ccc(F)cc2)n1CCC(O)CC(O)CC(=O)O.[NaH]. The first-order valence-corrected chi connectivity index (χ1v) is 10.9. The Morgan fingerprint density at radius 1 is 0.941 bits per heavy atom. The molecule has 2 unspecified atom stereocenters. The van der Waals surface area contributed by atoms with Crippen LogP contribution >= 0.6 is 0 Å². The van der Waals surface area contributed by atoms with Gasteiger partial charge in [0.1, 0.15) is 17.5 Å². The molecule has 0 aliphatic heterocycles. The Bertz CT molecular complexity index is 1090. The van der Waals surface area contributed by atoms with Crippen molar-refractivity contribution >= 4 is 35.5 Å². The molecule has 178 valence electrons. The van der Waals surface area contributed by atoms with Crippen LogP contribution in [0.25, 0.3) is 22.5 Å². The number of rotatable bonds is 10. The minimum absolute atomic E-state index is 0. The Labute approximate surface area is 219 Å². The molecule has 0 radical (unpaired) electrons. The molecule has 34 heavy (non-hydrogen) atoms. The van der Waals surface area contributed by atoms with E-state index in [2.05, 4.69) is 0 Å². The molecule has 0 bridgehead atoms. The van der Waals surface area contributed by atoms with E-state index in [-0.39, 0.29) is 60.0 Å². The van der Waals surface area contributed by atoms with Gasteiger partial charge in [-0.25, -0.2) is 13.8 Å². The van der Waals surface area contributed by atoms with E-state index < -0.39 is 24.6 Å². The van der Waals surface area contributed by atoms with E-state index in [1.54, 1.807) is 24.3 Å². The van der Waals surface area contributed by atoms with Crippen LogP contribution in [0.1, 0.15) is 44.9 Å². The molecule has 0 fully saturated rings. The summed E-state index contributed by atoms with van der Waals surface area (Å²) in [5, 5.41) is 29.0. The Hall–Kier alpha value is -2.10. The van der Waals surface area contributed by atoms with E-state index in [1.165, 1.54) is 24.3 Å². The van der Waals surface area contributed by atoms with Crippen LogP contribution in [0.2, 0.25) is 0 Å². The number of carboxylic acid groups (broad SMARTS) is 1. The number of aromatic nitrogens is 2. The summed E-state index contributed by atoms with van der Waals surface area (Å²) in [6.07, 6.45) is -2.30. The van der Waals surface area contributed by atoms with Gasteiger partial charge in [-0.05, 0) is 61.4 Å². The van der Waals surface area contributed by atoms with Crippen LogP contribution in [0.15, 0.2) is 48.5 Å². The average molecular weight is 483 g/mol. The second-order valence-corrected chi connectivity index (χ2v) is 8.42. The van der Waals surface area contributed by atoms with E-state index in [0.717, 1.165) is 11.4 Å². The number of hydrogen-bond acceptors (Lipinski definition) is 4. The Morgan fingerprint density at radius 3 is 1.97 bits per heavy atom. The van der Waals surface area contributed by atoms with Gasteiger partial charge < -0.3 is 19.9 Å². The van der Waals surface area contributed by atoms with Crippen LogP contribution < -0.4 is 0 Å². The van der Waals surface area contributed by atoms with E-state index in [9.17, 15) is 23.8 Å². The molecule has 0 saturated heterocycles.